The Morgan fingerprint density at radius 1 is 0.710 bits per heavy atom. The Balaban J connectivity index is 1.37. The number of alkyl carbamates (subject to hydrolysis) is 1. The van der Waals surface area contributed by atoms with Gasteiger partial charge in [-0.1, -0.05) is 142 Å². The van der Waals surface area contributed by atoms with Crippen molar-refractivity contribution in [2.45, 2.75) is 116 Å². The Hall–Kier alpha value is -6.01. The summed E-state index contributed by atoms with van der Waals surface area (Å²) in [5, 5.41) is 23.7. The minimum Gasteiger partial charge on any atom is -0.459 e. The molecule has 1 aliphatic rings. The summed E-state index contributed by atoms with van der Waals surface area (Å²) in [5.74, 6) is -3.38. The molecule has 4 aromatic carbocycles. The molecule has 0 radical (unpaired) electrons. The van der Waals surface area contributed by atoms with E-state index in [4.69, 9.17) is 9.47 Å². The van der Waals surface area contributed by atoms with Crippen LogP contribution in [0.3, 0.4) is 0 Å². The van der Waals surface area contributed by atoms with E-state index in [-0.39, 0.29) is 18.4 Å². The fourth-order valence-electron chi connectivity index (χ4n) is 8.21. The lowest BCUT2D eigenvalue weighted by atomic mass is 9.77. The number of carbonyl (C=O) groups is 5. The molecule has 0 spiro atoms. The molecule has 12 heteroatoms. The minimum atomic E-state index is -1.42. The molecule has 0 bridgehead atoms. The number of hydrogen-bond acceptors (Lipinski definition) is 8. The van der Waals surface area contributed by atoms with Gasteiger partial charge in [-0.2, -0.15) is 0 Å². The molecule has 1 aliphatic carbocycles. The highest BCUT2D eigenvalue weighted by Gasteiger charge is 2.43. The number of carbonyl (C=O) groups excluding carboxylic acids is 5. The molecule has 5 rings (SSSR count). The van der Waals surface area contributed by atoms with E-state index in [0.717, 1.165) is 22.3 Å². The molecule has 0 unspecified atom stereocenters. The van der Waals surface area contributed by atoms with Crippen LogP contribution in [0.2, 0.25) is 0 Å². The lowest BCUT2D eigenvalue weighted by molar-refractivity contribution is -0.149. The van der Waals surface area contributed by atoms with Crippen molar-refractivity contribution in [3.63, 3.8) is 0 Å². The quantitative estimate of drug-likeness (QED) is 0.0530. The molecular weight excluding hydrogens is 785 g/mol. The summed E-state index contributed by atoms with van der Waals surface area (Å²) < 4.78 is 11.0. The lowest BCUT2D eigenvalue weighted by Crippen LogP contribution is -2.57. The summed E-state index contributed by atoms with van der Waals surface area (Å²) in [6, 6.07) is 34.6. The Kier molecular flexibility index (Phi) is 16.4. The van der Waals surface area contributed by atoms with Crippen LogP contribution in [0.4, 0.5) is 4.79 Å². The van der Waals surface area contributed by atoms with Crippen LogP contribution in [0.15, 0.2) is 121 Å². The van der Waals surface area contributed by atoms with E-state index in [9.17, 15) is 29.1 Å². The first kappa shape index (κ1) is 47.0. The second kappa shape index (κ2) is 21.7. The predicted octanol–water partition coefficient (Wildman–Crippen LogP) is 6.93. The monoisotopic (exact) mass is 846 g/mol. The highest BCUT2D eigenvalue weighted by molar-refractivity contribution is 5.92. The van der Waals surface area contributed by atoms with Crippen molar-refractivity contribution in [1.82, 2.24) is 21.3 Å². The topological polar surface area (TPSA) is 172 Å². The van der Waals surface area contributed by atoms with E-state index in [2.05, 4.69) is 21.3 Å². The molecule has 1 fully saturated rings. The van der Waals surface area contributed by atoms with Gasteiger partial charge >= 0.3 is 12.1 Å². The van der Waals surface area contributed by atoms with Gasteiger partial charge in [0.2, 0.25) is 17.7 Å². The molecular formula is C50H62N4O8. The fraction of sp³-hybridized carbons (Fsp3) is 0.420. The molecule has 4 aromatic rings. The van der Waals surface area contributed by atoms with Crippen LogP contribution in [0.1, 0.15) is 95.9 Å². The Morgan fingerprint density at radius 3 is 1.73 bits per heavy atom. The molecule has 1 saturated carbocycles. The summed E-state index contributed by atoms with van der Waals surface area (Å²) in [5.41, 5.74) is 1.07. The van der Waals surface area contributed by atoms with Gasteiger partial charge in [-0.05, 0) is 81.0 Å². The first-order chi connectivity index (χ1) is 29.6. The van der Waals surface area contributed by atoms with E-state index < -0.39 is 77.5 Å². The van der Waals surface area contributed by atoms with Crippen molar-refractivity contribution >= 4 is 29.8 Å². The maximum absolute atomic E-state index is 14.5. The molecule has 62 heavy (non-hydrogen) atoms. The van der Waals surface area contributed by atoms with Gasteiger partial charge in [0.15, 0.2) is 0 Å². The summed E-state index contributed by atoms with van der Waals surface area (Å²) in [6.45, 7) is 10.6. The summed E-state index contributed by atoms with van der Waals surface area (Å²) in [4.78, 5) is 68.8. The number of ether oxygens (including phenoxy) is 2. The zero-order valence-corrected chi connectivity index (χ0v) is 36.6. The molecule has 0 aliphatic heterocycles. The van der Waals surface area contributed by atoms with Crippen molar-refractivity contribution in [2.75, 3.05) is 0 Å². The van der Waals surface area contributed by atoms with Crippen LogP contribution in [-0.2, 0) is 40.8 Å². The van der Waals surface area contributed by atoms with E-state index in [1.807, 2.05) is 135 Å². The van der Waals surface area contributed by atoms with Crippen molar-refractivity contribution in [1.29, 1.82) is 0 Å². The number of amides is 4. The van der Waals surface area contributed by atoms with Crippen LogP contribution < -0.4 is 21.3 Å². The number of esters is 1. The third-order valence-corrected chi connectivity index (χ3v) is 11.1. The second-order valence-electron chi connectivity index (χ2n) is 17.6. The number of nitrogens with one attached hydrogen (secondary N) is 4. The number of hydrogen-bond donors (Lipinski definition) is 5. The number of aliphatic hydroxyl groups is 1. The highest BCUT2D eigenvalue weighted by atomic mass is 16.6. The van der Waals surface area contributed by atoms with Gasteiger partial charge in [-0.3, -0.25) is 14.4 Å². The average Bonchev–Trinajstić information content (AvgIpc) is 3.75. The Bertz CT molecular complexity index is 1980. The molecule has 6 atom stereocenters. The fourth-order valence-corrected chi connectivity index (χ4v) is 8.21. The Morgan fingerprint density at radius 2 is 1.23 bits per heavy atom. The normalized spacial score (nSPS) is 17.2. The van der Waals surface area contributed by atoms with Crippen LogP contribution in [0.5, 0.6) is 0 Å². The van der Waals surface area contributed by atoms with E-state index in [1.165, 1.54) is 0 Å². The molecule has 0 saturated heterocycles. The third-order valence-electron chi connectivity index (χ3n) is 11.1. The van der Waals surface area contributed by atoms with Gasteiger partial charge in [-0.15, -0.1) is 0 Å². The maximum Gasteiger partial charge on any atom is 0.408 e. The second-order valence-corrected chi connectivity index (χ2v) is 17.6. The van der Waals surface area contributed by atoms with Crippen molar-refractivity contribution in [3.8, 4) is 0 Å². The van der Waals surface area contributed by atoms with Gasteiger partial charge in [0.05, 0.1) is 18.6 Å². The van der Waals surface area contributed by atoms with Gasteiger partial charge in [-0.25, -0.2) is 9.59 Å². The van der Waals surface area contributed by atoms with E-state index in [0.29, 0.717) is 25.7 Å². The summed E-state index contributed by atoms with van der Waals surface area (Å²) in [7, 11) is 0. The molecule has 5 N–H and O–H groups in total. The largest absolute Gasteiger partial charge is 0.459 e. The SMILES string of the molecule is CC(C)C[C@H](NC(=O)[C@H](CC(=O)NC(c1ccccc1)(c1ccccc1)c1ccccc1)NC(=O)OC(C)(C)C)[C@@H](O)[C@@H]1CCC[C@H]1C(=O)N[C@@H](C)C(=O)OCc1ccccc1. The van der Waals surface area contributed by atoms with Crippen LogP contribution in [0.25, 0.3) is 0 Å². The molecule has 0 aromatic heterocycles. The number of rotatable bonds is 18. The molecule has 4 amide bonds. The van der Waals surface area contributed by atoms with Crippen LogP contribution in [-0.4, -0.2) is 64.7 Å². The highest BCUT2D eigenvalue weighted by Crippen LogP contribution is 2.38. The van der Waals surface area contributed by atoms with E-state index in [1.54, 1.807) is 27.7 Å². The first-order valence-corrected chi connectivity index (χ1v) is 21.5. The minimum absolute atomic E-state index is 0.00633. The van der Waals surface area contributed by atoms with Crippen molar-refractivity contribution < 1.29 is 38.6 Å². The molecule has 330 valence electrons. The molecule has 12 nitrogen and oxygen atoms in total. The Labute approximate surface area is 365 Å². The first-order valence-electron chi connectivity index (χ1n) is 21.5. The predicted molar refractivity (Wildman–Crippen MR) is 237 cm³/mol. The van der Waals surface area contributed by atoms with Gasteiger partial charge < -0.3 is 35.8 Å². The van der Waals surface area contributed by atoms with Gasteiger partial charge in [0, 0.05) is 5.92 Å². The van der Waals surface area contributed by atoms with Crippen LogP contribution in [0, 0.1) is 17.8 Å². The lowest BCUT2D eigenvalue weighted by Gasteiger charge is -2.37. The smallest absolute Gasteiger partial charge is 0.408 e. The third kappa shape index (κ3) is 12.8. The van der Waals surface area contributed by atoms with Gasteiger partial charge in [0.1, 0.15) is 29.8 Å². The van der Waals surface area contributed by atoms with E-state index >= 15 is 0 Å². The number of benzene rings is 4. The summed E-state index contributed by atoms with van der Waals surface area (Å²) >= 11 is 0. The standard InChI is InChI=1S/C50H62N4O8/c1-33(2)30-41(44(56)39-28-19-29-40(39)45(57)51-34(3)47(59)61-32-35-20-11-7-12-21-35)52-46(58)42(53-48(60)62-49(4,5)6)31-43(55)54-50(36-22-13-8-14-23-36,37-24-15-9-16-25-37)38-26-17-10-18-27-38/h7-18,20-27,33-34,39-42,44,56H,19,28-32H2,1-6H3,(H,51,57)(H,52,58)(H,53,60)(H,54,55)/t34-,39+,40+,41-,42-,44-/m0/s1. The van der Waals surface area contributed by atoms with Crippen molar-refractivity contribution in [2.24, 2.45) is 17.8 Å². The number of aliphatic hydroxyl groups excluding tert-OH is 1. The summed E-state index contributed by atoms with van der Waals surface area (Å²) in [6.07, 6.45) is -0.547. The maximum atomic E-state index is 14.5. The zero-order chi connectivity index (χ0) is 44.9. The van der Waals surface area contributed by atoms with Crippen molar-refractivity contribution in [3.05, 3.63) is 144 Å². The molecule has 0 heterocycles. The zero-order valence-electron chi connectivity index (χ0n) is 36.6. The average molecular weight is 847 g/mol. The van der Waals surface area contributed by atoms with Crippen LogP contribution >= 0.6 is 0 Å². The van der Waals surface area contributed by atoms with Gasteiger partial charge in [0.25, 0.3) is 0 Å².